The fourth-order valence-corrected chi connectivity index (χ4v) is 3.37. The third kappa shape index (κ3) is 5.21. The van der Waals surface area contributed by atoms with Crippen molar-refractivity contribution in [3.63, 3.8) is 0 Å². The average Bonchev–Trinajstić information content (AvgIpc) is 3.32. The zero-order valence-electron chi connectivity index (χ0n) is 14.1. The van der Waals surface area contributed by atoms with Gasteiger partial charge in [-0.2, -0.15) is 0 Å². The van der Waals surface area contributed by atoms with E-state index in [-0.39, 0.29) is 5.91 Å². The van der Waals surface area contributed by atoms with Crippen molar-refractivity contribution in [2.24, 2.45) is 11.8 Å². The Bertz CT molecular complexity index is 548. The average molecular weight is 312 g/mol. The molecule has 0 aromatic heterocycles. The SMILES string of the molecule is C/C(=C\C(=O)NCC1CCN(CCc2ccccc2)C1)C1CC1. The molecule has 1 N–H and O–H groups in total. The molecule has 1 atom stereocenters. The van der Waals surface area contributed by atoms with E-state index in [0.717, 1.165) is 32.6 Å². The van der Waals surface area contributed by atoms with E-state index in [1.807, 2.05) is 0 Å². The quantitative estimate of drug-likeness (QED) is 0.785. The molecule has 3 nitrogen and oxygen atoms in total. The molecule has 1 aromatic rings. The lowest BCUT2D eigenvalue weighted by Crippen LogP contribution is -2.30. The molecule has 3 heteroatoms. The zero-order chi connectivity index (χ0) is 16.1. The number of hydrogen-bond acceptors (Lipinski definition) is 2. The van der Waals surface area contributed by atoms with Crippen LogP contribution in [0.4, 0.5) is 0 Å². The molecule has 1 aliphatic heterocycles. The Labute approximate surface area is 139 Å². The predicted octanol–water partition coefficient (Wildman–Crippen LogP) is 3.02. The molecule has 1 aliphatic carbocycles. The van der Waals surface area contributed by atoms with Gasteiger partial charge in [-0.15, -0.1) is 0 Å². The van der Waals surface area contributed by atoms with Gasteiger partial charge in [-0.1, -0.05) is 35.9 Å². The van der Waals surface area contributed by atoms with Gasteiger partial charge in [0, 0.05) is 25.7 Å². The molecular weight excluding hydrogens is 284 g/mol. The van der Waals surface area contributed by atoms with Gasteiger partial charge in [0.05, 0.1) is 0 Å². The summed E-state index contributed by atoms with van der Waals surface area (Å²) in [7, 11) is 0. The van der Waals surface area contributed by atoms with E-state index in [2.05, 4.69) is 47.5 Å². The molecule has 23 heavy (non-hydrogen) atoms. The molecule has 1 saturated heterocycles. The Morgan fingerprint density at radius 1 is 1.26 bits per heavy atom. The van der Waals surface area contributed by atoms with Crippen LogP contribution in [0.25, 0.3) is 0 Å². The standard InChI is InChI=1S/C20H28N2O/c1-16(19-7-8-19)13-20(23)21-14-18-10-12-22(15-18)11-9-17-5-3-2-4-6-17/h2-6,13,18-19H,7-12,14-15H2,1H3,(H,21,23)/b16-13+. The second kappa shape index (κ2) is 7.78. The second-order valence-corrected chi connectivity index (χ2v) is 7.10. The van der Waals surface area contributed by atoms with E-state index in [9.17, 15) is 4.79 Å². The van der Waals surface area contributed by atoms with E-state index in [4.69, 9.17) is 0 Å². The lowest BCUT2D eigenvalue weighted by atomic mass is 10.1. The summed E-state index contributed by atoms with van der Waals surface area (Å²) in [6, 6.07) is 10.7. The van der Waals surface area contributed by atoms with Gasteiger partial charge in [0.2, 0.25) is 5.91 Å². The summed E-state index contributed by atoms with van der Waals surface area (Å²) in [6.45, 7) is 6.28. The Balaban J connectivity index is 1.35. The zero-order valence-corrected chi connectivity index (χ0v) is 14.1. The van der Waals surface area contributed by atoms with Crippen LogP contribution in [0.3, 0.4) is 0 Å². The molecule has 1 amide bonds. The Morgan fingerprint density at radius 3 is 2.78 bits per heavy atom. The largest absolute Gasteiger partial charge is 0.352 e. The van der Waals surface area contributed by atoms with Gasteiger partial charge in [0.25, 0.3) is 0 Å². The van der Waals surface area contributed by atoms with E-state index in [1.165, 1.54) is 30.4 Å². The van der Waals surface area contributed by atoms with Crippen molar-refractivity contribution in [3.8, 4) is 0 Å². The maximum Gasteiger partial charge on any atom is 0.243 e. The van der Waals surface area contributed by atoms with Crippen LogP contribution in [0, 0.1) is 11.8 Å². The van der Waals surface area contributed by atoms with Crippen LogP contribution in [0.2, 0.25) is 0 Å². The molecule has 0 bridgehead atoms. The highest BCUT2D eigenvalue weighted by Crippen LogP contribution is 2.35. The Hall–Kier alpha value is -1.61. The molecular formula is C20H28N2O. The number of benzene rings is 1. The van der Waals surface area contributed by atoms with Crippen molar-refractivity contribution < 1.29 is 4.79 Å². The maximum atomic E-state index is 11.9. The van der Waals surface area contributed by atoms with Crippen molar-refractivity contribution in [1.29, 1.82) is 0 Å². The third-order valence-corrected chi connectivity index (χ3v) is 5.07. The first-order valence-electron chi connectivity index (χ1n) is 8.93. The summed E-state index contributed by atoms with van der Waals surface area (Å²) in [6.07, 6.45) is 6.63. The highest BCUT2D eigenvalue weighted by molar-refractivity contribution is 5.88. The molecule has 3 rings (SSSR count). The number of amides is 1. The minimum atomic E-state index is 0.0946. The number of carbonyl (C=O) groups excluding carboxylic acids is 1. The van der Waals surface area contributed by atoms with Gasteiger partial charge >= 0.3 is 0 Å². The third-order valence-electron chi connectivity index (χ3n) is 5.07. The monoisotopic (exact) mass is 312 g/mol. The molecule has 124 valence electrons. The summed E-state index contributed by atoms with van der Waals surface area (Å²) in [5.74, 6) is 1.38. The van der Waals surface area contributed by atoms with E-state index in [1.54, 1.807) is 6.08 Å². The molecule has 1 saturated carbocycles. The van der Waals surface area contributed by atoms with E-state index in [0.29, 0.717) is 11.8 Å². The fraction of sp³-hybridized carbons (Fsp3) is 0.550. The maximum absolute atomic E-state index is 11.9. The first-order chi connectivity index (χ1) is 11.2. The van der Waals surface area contributed by atoms with Crippen LogP contribution in [-0.4, -0.2) is 37.0 Å². The first kappa shape index (κ1) is 16.3. The number of nitrogens with one attached hydrogen (secondary N) is 1. The van der Waals surface area contributed by atoms with Crippen LogP contribution in [0.5, 0.6) is 0 Å². The minimum absolute atomic E-state index is 0.0946. The molecule has 2 aliphatic rings. The summed E-state index contributed by atoms with van der Waals surface area (Å²) >= 11 is 0. The van der Waals surface area contributed by atoms with Gasteiger partial charge < -0.3 is 10.2 Å². The lowest BCUT2D eigenvalue weighted by Gasteiger charge is -2.16. The molecule has 1 aromatic carbocycles. The number of rotatable bonds is 7. The van der Waals surface area contributed by atoms with Gasteiger partial charge in [0.1, 0.15) is 0 Å². The molecule has 1 heterocycles. The number of nitrogens with zero attached hydrogens (tertiary/aromatic N) is 1. The minimum Gasteiger partial charge on any atom is -0.352 e. The molecule has 0 spiro atoms. The molecule has 1 unspecified atom stereocenters. The first-order valence-corrected chi connectivity index (χ1v) is 8.93. The summed E-state index contributed by atoms with van der Waals surface area (Å²) in [4.78, 5) is 14.5. The van der Waals surface area contributed by atoms with Crippen molar-refractivity contribution in [3.05, 3.63) is 47.5 Å². The van der Waals surface area contributed by atoms with Crippen LogP contribution in [0.15, 0.2) is 42.0 Å². The van der Waals surface area contributed by atoms with Gasteiger partial charge in [0.15, 0.2) is 0 Å². The van der Waals surface area contributed by atoms with Gasteiger partial charge in [-0.25, -0.2) is 0 Å². The smallest absolute Gasteiger partial charge is 0.243 e. The van der Waals surface area contributed by atoms with Gasteiger partial charge in [-0.05, 0) is 56.6 Å². The Morgan fingerprint density at radius 2 is 2.04 bits per heavy atom. The fourth-order valence-electron chi connectivity index (χ4n) is 3.37. The van der Waals surface area contributed by atoms with Crippen molar-refractivity contribution >= 4 is 5.91 Å². The van der Waals surface area contributed by atoms with E-state index >= 15 is 0 Å². The number of likely N-dealkylation sites (tertiary alicyclic amines) is 1. The molecule has 2 fully saturated rings. The van der Waals surface area contributed by atoms with Crippen LogP contribution in [0.1, 0.15) is 31.7 Å². The van der Waals surface area contributed by atoms with Crippen molar-refractivity contribution in [1.82, 2.24) is 10.2 Å². The summed E-state index contributed by atoms with van der Waals surface area (Å²) < 4.78 is 0. The van der Waals surface area contributed by atoms with Crippen molar-refractivity contribution in [2.45, 2.75) is 32.6 Å². The van der Waals surface area contributed by atoms with Crippen LogP contribution >= 0.6 is 0 Å². The number of allylic oxidation sites excluding steroid dienone is 1. The summed E-state index contributed by atoms with van der Waals surface area (Å²) in [5.41, 5.74) is 2.66. The normalized spacial score (nSPS) is 22.3. The van der Waals surface area contributed by atoms with Gasteiger partial charge in [-0.3, -0.25) is 4.79 Å². The van der Waals surface area contributed by atoms with Crippen LogP contribution < -0.4 is 5.32 Å². The number of carbonyl (C=O) groups is 1. The Kier molecular flexibility index (Phi) is 5.50. The second-order valence-electron chi connectivity index (χ2n) is 7.10. The summed E-state index contributed by atoms with van der Waals surface area (Å²) in [5, 5.41) is 3.09. The predicted molar refractivity (Wildman–Crippen MR) is 94.2 cm³/mol. The highest BCUT2D eigenvalue weighted by atomic mass is 16.1. The topological polar surface area (TPSA) is 32.3 Å². The van der Waals surface area contributed by atoms with Crippen molar-refractivity contribution in [2.75, 3.05) is 26.2 Å². The lowest BCUT2D eigenvalue weighted by molar-refractivity contribution is -0.116. The molecule has 0 radical (unpaired) electrons. The number of hydrogen-bond donors (Lipinski definition) is 1. The van der Waals surface area contributed by atoms with Crippen LogP contribution in [-0.2, 0) is 11.2 Å². The van der Waals surface area contributed by atoms with E-state index < -0.39 is 0 Å². The highest BCUT2D eigenvalue weighted by Gasteiger charge is 2.24.